The molecule has 0 saturated carbocycles. The van der Waals surface area contributed by atoms with Crippen molar-refractivity contribution in [2.45, 2.75) is 57.7 Å². The molecule has 1 saturated heterocycles. The first-order chi connectivity index (χ1) is 9.69. The van der Waals surface area contributed by atoms with E-state index in [1.807, 2.05) is 17.5 Å². The van der Waals surface area contributed by atoms with Gasteiger partial charge >= 0.3 is 0 Å². The topological polar surface area (TPSA) is 35.5 Å². The zero-order valence-corrected chi connectivity index (χ0v) is 13.5. The molecule has 1 aliphatic heterocycles. The molecule has 0 aliphatic carbocycles. The van der Waals surface area contributed by atoms with E-state index in [0.29, 0.717) is 12.1 Å². The number of aliphatic hydroxyl groups is 1. The maximum atomic E-state index is 10.2. The Labute approximate surface area is 127 Å². The van der Waals surface area contributed by atoms with Crippen LogP contribution in [-0.4, -0.2) is 41.7 Å². The first kappa shape index (κ1) is 16.0. The summed E-state index contributed by atoms with van der Waals surface area (Å²) in [5.41, 5.74) is 0. The Balaban J connectivity index is 1.69. The van der Waals surface area contributed by atoms with E-state index in [-0.39, 0.29) is 6.10 Å². The molecule has 2 heterocycles. The number of nitrogens with zero attached hydrogens (tertiary/aromatic N) is 1. The lowest BCUT2D eigenvalue weighted by Crippen LogP contribution is -2.45. The van der Waals surface area contributed by atoms with Crippen LogP contribution in [0.15, 0.2) is 17.5 Å². The average molecular weight is 296 g/mol. The fraction of sp³-hybridized carbons (Fsp3) is 0.750. The Bertz CT molecular complexity index is 361. The van der Waals surface area contributed by atoms with Gasteiger partial charge in [-0.2, -0.15) is 0 Å². The van der Waals surface area contributed by atoms with Crippen LogP contribution >= 0.6 is 11.3 Å². The van der Waals surface area contributed by atoms with Crippen molar-refractivity contribution in [2.24, 2.45) is 0 Å². The second-order valence-electron chi connectivity index (χ2n) is 5.95. The van der Waals surface area contributed by atoms with Gasteiger partial charge in [0.1, 0.15) is 0 Å². The fourth-order valence-electron chi connectivity index (χ4n) is 3.04. The molecule has 0 bridgehead atoms. The molecule has 1 aromatic rings. The number of nitrogens with one attached hydrogen (secondary N) is 1. The number of hydrogen-bond donors (Lipinski definition) is 2. The van der Waals surface area contributed by atoms with Gasteiger partial charge in [0.05, 0.1) is 6.10 Å². The monoisotopic (exact) mass is 296 g/mol. The van der Waals surface area contributed by atoms with Gasteiger partial charge in [-0.3, -0.25) is 0 Å². The van der Waals surface area contributed by atoms with Crippen LogP contribution in [0.25, 0.3) is 0 Å². The van der Waals surface area contributed by atoms with Gasteiger partial charge in [-0.25, -0.2) is 0 Å². The predicted octanol–water partition coefficient (Wildman–Crippen LogP) is 3.02. The van der Waals surface area contributed by atoms with E-state index in [1.54, 1.807) is 11.3 Å². The zero-order valence-electron chi connectivity index (χ0n) is 12.7. The van der Waals surface area contributed by atoms with E-state index < -0.39 is 0 Å². The molecule has 1 fully saturated rings. The van der Waals surface area contributed by atoms with Gasteiger partial charge in [0.25, 0.3) is 0 Å². The number of aliphatic hydroxyl groups excluding tert-OH is 1. The molecule has 0 radical (unpaired) electrons. The van der Waals surface area contributed by atoms with Crippen molar-refractivity contribution in [2.75, 3.05) is 19.6 Å². The Morgan fingerprint density at radius 1 is 1.45 bits per heavy atom. The van der Waals surface area contributed by atoms with Crippen molar-refractivity contribution in [3.8, 4) is 0 Å². The van der Waals surface area contributed by atoms with E-state index in [4.69, 9.17) is 0 Å². The molecule has 0 spiro atoms. The number of likely N-dealkylation sites (tertiary alicyclic amines) is 1. The van der Waals surface area contributed by atoms with Crippen LogP contribution in [0, 0.1) is 0 Å². The molecule has 1 aliphatic rings. The number of piperidine rings is 1. The van der Waals surface area contributed by atoms with E-state index in [9.17, 15) is 5.11 Å². The van der Waals surface area contributed by atoms with Crippen molar-refractivity contribution < 1.29 is 5.11 Å². The predicted molar refractivity (Wildman–Crippen MR) is 86.2 cm³/mol. The third-order valence-corrected chi connectivity index (χ3v) is 5.07. The van der Waals surface area contributed by atoms with Gasteiger partial charge in [-0.05, 0) is 63.7 Å². The van der Waals surface area contributed by atoms with Crippen molar-refractivity contribution in [1.82, 2.24) is 10.2 Å². The van der Waals surface area contributed by atoms with E-state index >= 15 is 0 Å². The first-order valence-electron chi connectivity index (χ1n) is 7.89. The van der Waals surface area contributed by atoms with Crippen LogP contribution < -0.4 is 5.32 Å². The van der Waals surface area contributed by atoms with Gasteiger partial charge in [0.2, 0.25) is 0 Å². The average Bonchev–Trinajstić information content (AvgIpc) is 2.95. The van der Waals surface area contributed by atoms with Gasteiger partial charge in [0, 0.05) is 17.0 Å². The maximum absolute atomic E-state index is 10.2. The summed E-state index contributed by atoms with van der Waals surface area (Å²) < 4.78 is 0. The van der Waals surface area contributed by atoms with Crippen LogP contribution in [0.3, 0.4) is 0 Å². The lowest BCUT2D eigenvalue weighted by atomic mass is 10.0. The number of thiophene rings is 1. The molecular formula is C16H28N2OS. The van der Waals surface area contributed by atoms with Crippen molar-refractivity contribution in [3.05, 3.63) is 22.4 Å². The third kappa shape index (κ3) is 4.85. The summed E-state index contributed by atoms with van der Waals surface area (Å²) in [4.78, 5) is 3.64. The smallest absolute Gasteiger partial charge is 0.0896 e. The van der Waals surface area contributed by atoms with E-state index in [1.165, 1.54) is 38.9 Å². The highest BCUT2D eigenvalue weighted by Crippen LogP contribution is 2.23. The molecule has 114 valence electrons. The Morgan fingerprint density at radius 2 is 2.20 bits per heavy atom. The van der Waals surface area contributed by atoms with Crippen molar-refractivity contribution >= 4 is 11.3 Å². The summed E-state index contributed by atoms with van der Waals surface area (Å²) in [6, 6.07) is 5.01. The summed E-state index contributed by atoms with van der Waals surface area (Å²) in [5, 5.41) is 15.9. The summed E-state index contributed by atoms with van der Waals surface area (Å²) in [6.45, 7) is 8.10. The van der Waals surface area contributed by atoms with Gasteiger partial charge in [-0.1, -0.05) is 13.0 Å². The summed E-state index contributed by atoms with van der Waals surface area (Å²) in [7, 11) is 0. The first-order valence-corrected chi connectivity index (χ1v) is 8.77. The minimum atomic E-state index is -0.322. The molecule has 4 heteroatoms. The normalized spacial score (nSPS) is 20.9. The molecule has 0 aromatic carbocycles. The molecule has 3 nitrogen and oxygen atoms in total. The molecule has 0 amide bonds. The quantitative estimate of drug-likeness (QED) is 0.812. The highest BCUT2D eigenvalue weighted by molar-refractivity contribution is 7.10. The van der Waals surface area contributed by atoms with Crippen LogP contribution in [-0.2, 0) is 0 Å². The molecule has 2 rings (SSSR count). The van der Waals surface area contributed by atoms with Crippen LogP contribution in [0.2, 0.25) is 0 Å². The Hall–Kier alpha value is -0.420. The fourth-order valence-corrected chi connectivity index (χ4v) is 3.77. The van der Waals surface area contributed by atoms with Gasteiger partial charge in [-0.15, -0.1) is 11.3 Å². The van der Waals surface area contributed by atoms with Crippen LogP contribution in [0.5, 0.6) is 0 Å². The zero-order chi connectivity index (χ0) is 14.4. The van der Waals surface area contributed by atoms with E-state index in [2.05, 4.69) is 24.1 Å². The molecule has 1 aromatic heterocycles. The second kappa shape index (κ2) is 8.13. The molecule has 2 atom stereocenters. The molecular weight excluding hydrogens is 268 g/mol. The van der Waals surface area contributed by atoms with Gasteiger partial charge in [0.15, 0.2) is 0 Å². The largest absolute Gasteiger partial charge is 0.388 e. The highest BCUT2D eigenvalue weighted by Gasteiger charge is 2.21. The summed E-state index contributed by atoms with van der Waals surface area (Å²) in [6.07, 6.45) is 4.20. The maximum Gasteiger partial charge on any atom is 0.0896 e. The second-order valence-corrected chi connectivity index (χ2v) is 6.93. The van der Waals surface area contributed by atoms with E-state index in [0.717, 1.165) is 11.3 Å². The number of hydrogen-bond acceptors (Lipinski definition) is 4. The highest BCUT2D eigenvalue weighted by atomic mass is 32.1. The SMILES string of the molecule is CCCN1CCC(NC(C)CC(O)c2cccs2)CC1. The Kier molecular flexibility index (Phi) is 6.49. The molecule has 20 heavy (non-hydrogen) atoms. The Morgan fingerprint density at radius 3 is 2.80 bits per heavy atom. The lowest BCUT2D eigenvalue weighted by molar-refractivity contribution is 0.145. The standard InChI is InChI=1S/C16H28N2OS/c1-3-8-18-9-6-14(7-10-18)17-13(2)12-15(19)16-5-4-11-20-16/h4-5,11,13-15,17,19H,3,6-10,12H2,1-2H3. The summed E-state index contributed by atoms with van der Waals surface area (Å²) >= 11 is 1.64. The van der Waals surface area contributed by atoms with Crippen LogP contribution in [0.1, 0.15) is 50.5 Å². The molecule has 2 N–H and O–H groups in total. The summed E-state index contributed by atoms with van der Waals surface area (Å²) in [5.74, 6) is 0. The van der Waals surface area contributed by atoms with Crippen molar-refractivity contribution in [3.63, 3.8) is 0 Å². The lowest BCUT2D eigenvalue weighted by Gasteiger charge is -2.34. The minimum absolute atomic E-state index is 0.322. The minimum Gasteiger partial charge on any atom is -0.388 e. The van der Waals surface area contributed by atoms with Crippen LogP contribution in [0.4, 0.5) is 0 Å². The third-order valence-electron chi connectivity index (χ3n) is 4.10. The molecule has 2 unspecified atom stereocenters. The van der Waals surface area contributed by atoms with Gasteiger partial charge < -0.3 is 15.3 Å². The number of rotatable bonds is 7. The van der Waals surface area contributed by atoms with Crippen molar-refractivity contribution in [1.29, 1.82) is 0 Å².